The number of Topliss-reactive ketones (excluding diaryl/α,β-unsaturated/α-hetero) is 1. The number of carbonyl (C=O) groups is 1. The van der Waals surface area contributed by atoms with Crippen LogP contribution in [0.5, 0.6) is 0 Å². The predicted octanol–water partition coefficient (Wildman–Crippen LogP) is 4.57. The number of nitriles is 1. The molecule has 0 radical (unpaired) electrons. The summed E-state index contributed by atoms with van der Waals surface area (Å²) in [6.45, 7) is 2.18. The largest absolute Gasteiger partial charge is 0.383 e. The molecule has 1 aliphatic carbocycles. The second-order valence-electron chi connectivity index (χ2n) is 9.07. The molecule has 32 heavy (non-hydrogen) atoms. The van der Waals surface area contributed by atoms with E-state index in [1.807, 2.05) is 16.8 Å². The van der Waals surface area contributed by atoms with Crippen LogP contribution >= 0.6 is 22.7 Å². The summed E-state index contributed by atoms with van der Waals surface area (Å²) < 4.78 is 0. The van der Waals surface area contributed by atoms with Gasteiger partial charge in [-0.25, -0.2) is 4.99 Å². The molecule has 8 heteroatoms. The summed E-state index contributed by atoms with van der Waals surface area (Å²) in [5.74, 6) is 1.45. The van der Waals surface area contributed by atoms with Crippen molar-refractivity contribution in [1.29, 1.82) is 5.26 Å². The van der Waals surface area contributed by atoms with Crippen LogP contribution in [0.4, 0.5) is 10.0 Å². The SMILES string of the molecule is N#CC1=C2N=C(N)c3c(sc4c3C3CCN4CC3)N2C2=C(C(=O)CCC2)[C@@H]1c1ccsc1. The summed E-state index contributed by atoms with van der Waals surface area (Å²) in [7, 11) is 0. The Balaban J connectivity index is 1.53. The fraction of sp³-hybridized carbons (Fsp3) is 0.375. The molecule has 6 nitrogen and oxygen atoms in total. The maximum atomic E-state index is 13.3. The van der Waals surface area contributed by atoms with Crippen LogP contribution in [-0.4, -0.2) is 24.7 Å². The molecule has 160 valence electrons. The normalized spacial score (nSPS) is 24.2. The van der Waals surface area contributed by atoms with Crippen molar-refractivity contribution < 1.29 is 4.79 Å². The van der Waals surface area contributed by atoms with Gasteiger partial charge in [-0.2, -0.15) is 16.6 Å². The molecule has 0 saturated carbocycles. The monoisotopic (exact) mass is 459 g/mol. The van der Waals surface area contributed by atoms with Gasteiger partial charge in [0, 0.05) is 36.3 Å². The fourth-order valence-corrected chi connectivity index (χ4v) is 8.29. The summed E-state index contributed by atoms with van der Waals surface area (Å²) in [6, 6.07) is 4.45. The van der Waals surface area contributed by atoms with Gasteiger partial charge in [0.15, 0.2) is 11.6 Å². The average Bonchev–Trinajstić information content (AvgIpc) is 3.48. The zero-order valence-electron chi connectivity index (χ0n) is 17.4. The molecule has 1 saturated heterocycles. The number of hydrogen-bond acceptors (Lipinski definition) is 8. The van der Waals surface area contributed by atoms with Crippen molar-refractivity contribution in [1.82, 2.24) is 0 Å². The molecule has 0 spiro atoms. The van der Waals surface area contributed by atoms with Crippen molar-refractivity contribution in [2.24, 2.45) is 10.7 Å². The Bertz CT molecular complexity index is 1310. The van der Waals surface area contributed by atoms with Crippen LogP contribution in [0.1, 0.15) is 60.6 Å². The molecule has 1 fully saturated rings. The fourth-order valence-electron chi connectivity index (χ4n) is 6.12. The second kappa shape index (κ2) is 6.56. The molecule has 0 amide bonds. The van der Waals surface area contributed by atoms with Gasteiger partial charge in [-0.3, -0.25) is 9.69 Å². The highest BCUT2D eigenvalue weighted by Crippen LogP contribution is 2.57. The average molecular weight is 460 g/mol. The summed E-state index contributed by atoms with van der Waals surface area (Å²) in [4.78, 5) is 22.7. The van der Waals surface area contributed by atoms with E-state index in [9.17, 15) is 10.1 Å². The van der Waals surface area contributed by atoms with E-state index in [1.165, 1.54) is 10.6 Å². The van der Waals surface area contributed by atoms with Gasteiger partial charge in [0.2, 0.25) is 0 Å². The Labute approximate surface area is 194 Å². The van der Waals surface area contributed by atoms with E-state index in [-0.39, 0.29) is 11.7 Å². The summed E-state index contributed by atoms with van der Waals surface area (Å²) in [5.41, 5.74) is 12.3. The molecule has 7 heterocycles. The first-order chi connectivity index (χ1) is 15.7. The minimum Gasteiger partial charge on any atom is -0.383 e. The topological polar surface area (TPSA) is 85.7 Å². The standard InChI is InChI=1S/C24H21N5OS2/c25-10-14-17(13-6-9-31-11-13)19-15(2-1-3-16(19)30)29-22(14)27-21(26)20-18-12-4-7-28(8-5-12)23(18)32-24(20)29/h6,9,11-12,17H,1-5,7-8H2,(H2,26,27)/t17-/m1/s1. The van der Waals surface area contributed by atoms with Gasteiger partial charge in [0.1, 0.15) is 10.8 Å². The number of thiophene rings is 2. The number of hydrogen-bond donors (Lipinski definition) is 1. The Morgan fingerprint density at radius 1 is 1.22 bits per heavy atom. The van der Waals surface area contributed by atoms with E-state index >= 15 is 0 Å². The van der Waals surface area contributed by atoms with Gasteiger partial charge in [-0.15, -0.1) is 0 Å². The molecule has 2 N–H and O–H groups in total. The summed E-state index contributed by atoms with van der Waals surface area (Å²) in [5, 5.41) is 16.7. The highest BCUT2D eigenvalue weighted by atomic mass is 32.1. The lowest BCUT2D eigenvalue weighted by Crippen LogP contribution is -2.40. The number of aliphatic imine (C=N–C) groups is 1. The summed E-state index contributed by atoms with van der Waals surface area (Å²) >= 11 is 3.35. The first-order valence-corrected chi connectivity index (χ1v) is 12.9. The van der Waals surface area contributed by atoms with Crippen LogP contribution in [-0.2, 0) is 4.79 Å². The number of fused-ring (bicyclic) bond motifs is 6. The van der Waals surface area contributed by atoms with Gasteiger partial charge in [-0.05, 0) is 54.0 Å². The van der Waals surface area contributed by atoms with Crippen LogP contribution in [0.3, 0.4) is 0 Å². The Hall–Kier alpha value is -2.89. The van der Waals surface area contributed by atoms with Crippen LogP contribution in [0, 0.1) is 11.3 Å². The van der Waals surface area contributed by atoms with Gasteiger partial charge in [0.05, 0.1) is 28.1 Å². The minimum atomic E-state index is -0.354. The highest BCUT2D eigenvalue weighted by molar-refractivity contribution is 7.21. The number of piperidine rings is 1. The number of ketones is 1. The molecule has 6 aliphatic rings. The Morgan fingerprint density at radius 2 is 2.06 bits per heavy atom. The zero-order chi connectivity index (χ0) is 21.6. The first kappa shape index (κ1) is 18.7. The van der Waals surface area contributed by atoms with Crippen molar-refractivity contribution in [3.05, 3.63) is 56.2 Å². The molecule has 2 bridgehead atoms. The minimum absolute atomic E-state index is 0.156. The van der Waals surface area contributed by atoms with Crippen molar-refractivity contribution in [3.8, 4) is 6.07 Å². The third-order valence-electron chi connectivity index (χ3n) is 7.51. The van der Waals surface area contributed by atoms with Crippen molar-refractivity contribution in [2.45, 2.75) is 43.9 Å². The quantitative estimate of drug-likeness (QED) is 0.675. The van der Waals surface area contributed by atoms with Crippen molar-refractivity contribution >= 4 is 44.3 Å². The van der Waals surface area contributed by atoms with Crippen LogP contribution < -0.4 is 15.5 Å². The lowest BCUT2D eigenvalue weighted by Gasteiger charge is -2.41. The van der Waals surface area contributed by atoms with E-state index in [0.717, 1.165) is 66.2 Å². The van der Waals surface area contributed by atoms with E-state index in [1.54, 1.807) is 22.7 Å². The van der Waals surface area contributed by atoms with Gasteiger partial charge in [0.25, 0.3) is 0 Å². The smallest absolute Gasteiger partial charge is 0.161 e. The number of allylic oxidation sites excluding steroid dienone is 3. The molecule has 2 aromatic rings. The molecule has 0 unspecified atom stereocenters. The first-order valence-electron chi connectivity index (χ1n) is 11.2. The van der Waals surface area contributed by atoms with Crippen LogP contribution in [0.2, 0.25) is 0 Å². The number of amidine groups is 1. The van der Waals surface area contributed by atoms with Gasteiger partial charge < -0.3 is 10.6 Å². The molecule has 0 aromatic carbocycles. The Kier molecular flexibility index (Phi) is 3.83. The van der Waals surface area contributed by atoms with Gasteiger partial charge >= 0.3 is 0 Å². The molecule has 8 rings (SSSR count). The molecule has 2 aromatic heterocycles. The Morgan fingerprint density at radius 3 is 2.81 bits per heavy atom. The number of anilines is 2. The second-order valence-corrected chi connectivity index (χ2v) is 10.8. The maximum absolute atomic E-state index is 13.3. The third-order valence-corrected chi connectivity index (χ3v) is 9.46. The molecular weight excluding hydrogens is 438 g/mol. The number of nitrogens with zero attached hydrogens (tertiary/aromatic N) is 4. The molecule has 5 aliphatic heterocycles. The summed E-state index contributed by atoms with van der Waals surface area (Å²) in [6.07, 6.45) is 4.49. The third kappa shape index (κ3) is 2.28. The van der Waals surface area contributed by atoms with E-state index < -0.39 is 0 Å². The van der Waals surface area contributed by atoms with Gasteiger partial charge in [-0.1, -0.05) is 11.3 Å². The zero-order valence-corrected chi connectivity index (χ0v) is 19.1. The van der Waals surface area contributed by atoms with Crippen molar-refractivity contribution in [3.63, 3.8) is 0 Å². The van der Waals surface area contributed by atoms with E-state index in [2.05, 4.69) is 15.9 Å². The van der Waals surface area contributed by atoms with Crippen molar-refractivity contribution in [2.75, 3.05) is 22.9 Å². The number of rotatable bonds is 1. The number of nitrogens with two attached hydrogens (primary N) is 1. The van der Waals surface area contributed by atoms with E-state index in [0.29, 0.717) is 29.6 Å². The molecule has 1 atom stereocenters. The highest BCUT2D eigenvalue weighted by Gasteiger charge is 2.46. The van der Waals surface area contributed by atoms with E-state index in [4.69, 9.17) is 10.7 Å². The van der Waals surface area contributed by atoms with Crippen LogP contribution in [0.25, 0.3) is 0 Å². The van der Waals surface area contributed by atoms with Crippen LogP contribution in [0.15, 0.2) is 44.5 Å². The number of carbonyl (C=O) groups excluding carboxylic acids is 1. The molecular formula is C24H21N5OS2. The lowest BCUT2D eigenvalue weighted by atomic mass is 9.76. The maximum Gasteiger partial charge on any atom is 0.161 e. The lowest BCUT2D eigenvalue weighted by molar-refractivity contribution is -0.116. The predicted molar refractivity (Wildman–Crippen MR) is 127 cm³/mol.